The summed E-state index contributed by atoms with van der Waals surface area (Å²) >= 11 is 3.25. The number of halogens is 2. The Kier molecular flexibility index (Phi) is 6.63. The Bertz CT molecular complexity index is 675. The highest BCUT2D eigenvalue weighted by Crippen LogP contribution is 2.38. The molecule has 0 unspecified atom stereocenters. The number of aromatic nitrogens is 1. The summed E-state index contributed by atoms with van der Waals surface area (Å²) in [4.78, 5) is 4.21. The van der Waals surface area contributed by atoms with E-state index < -0.39 is 0 Å². The first-order chi connectivity index (χ1) is 12.2. The molecule has 1 nitrogen and oxygen atoms in total. The molecule has 0 saturated heterocycles. The summed E-state index contributed by atoms with van der Waals surface area (Å²) < 4.78 is 14.7. The molecule has 1 aliphatic carbocycles. The van der Waals surface area contributed by atoms with E-state index >= 15 is 0 Å². The van der Waals surface area contributed by atoms with Crippen LogP contribution in [-0.2, 0) is 0 Å². The molecule has 0 bridgehead atoms. The molecule has 1 aromatic carbocycles. The summed E-state index contributed by atoms with van der Waals surface area (Å²) in [6.07, 6.45) is 12.4. The predicted molar refractivity (Wildman–Crippen MR) is 106 cm³/mol. The summed E-state index contributed by atoms with van der Waals surface area (Å²) in [7, 11) is 0. The van der Waals surface area contributed by atoms with Crippen molar-refractivity contribution in [3.8, 4) is 11.3 Å². The van der Waals surface area contributed by atoms with E-state index in [9.17, 15) is 4.39 Å². The lowest BCUT2D eigenvalue weighted by Gasteiger charge is -2.29. The highest BCUT2D eigenvalue weighted by Gasteiger charge is 2.22. The van der Waals surface area contributed by atoms with Gasteiger partial charge in [0.1, 0.15) is 5.69 Å². The van der Waals surface area contributed by atoms with E-state index in [2.05, 4.69) is 40.0 Å². The molecule has 134 valence electrons. The smallest absolute Gasteiger partial charge is 0.150 e. The Balaban J connectivity index is 1.60. The summed E-state index contributed by atoms with van der Waals surface area (Å²) in [5, 5.41) is 0. The number of rotatable bonds is 6. The molecule has 25 heavy (non-hydrogen) atoms. The minimum Gasteiger partial charge on any atom is -0.252 e. The van der Waals surface area contributed by atoms with Gasteiger partial charge in [-0.3, -0.25) is 4.98 Å². The monoisotopic (exact) mass is 403 g/mol. The van der Waals surface area contributed by atoms with E-state index in [0.717, 1.165) is 11.5 Å². The first-order valence-electron chi connectivity index (χ1n) is 9.58. The molecule has 0 aliphatic heterocycles. The Morgan fingerprint density at radius 1 is 1.08 bits per heavy atom. The molecule has 1 saturated carbocycles. The van der Waals surface area contributed by atoms with E-state index in [1.54, 1.807) is 6.20 Å². The van der Waals surface area contributed by atoms with Crippen LogP contribution in [0, 0.1) is 11.7 Å². The first-order valence-corrected chi connectivity index (χ1v) is 10.4. The molecule has 0 amide bonds. The normalized spacial score (nSPS) is 20.6. The zero-order chi connectivity index (χ0) is 17.6. The zero-order valence-electron chi connectivity index (χ0n) is 15.0. The van der Waals surface area contributed by atoms with Crippen molar-refractivity contribution in [2.45, 2.75) is 64.2 Å². The van der Waals surface area contributed by atoms with Crippen molar-refractivity contribution in [1.29, 1.82) is 0 Å². The average Bonchev–Trinajstić information content (AvgIpc) is 2.63. The molecule has 0 atom stereocenters. The second kappa shape index (κ2) is 8.93. The number of hydrogen-bond donors (Lipinski definition) is 0. The van der Waals surface area contributed by atoms with Crippen molar-refractivity contribution in [3.05, 3.63) is 52.4 Å². The summed E-state index contributed by atoms with van der Waals surface area (Å²) in [6.45, 7) is 2.27. The highest BCUT2D eigenvalue weighted by molar-refractivity contribution is 9.10. The fourth-order valence-electron chi connectivity index (χ4n) is 4.01. The zero-order valence-corrected chi connectivity index (χ0v) is 16.6. The molecule has 3 heteroatoms. The van der Waals surface area contributed by atoms with Gasteiger partial charge in [-0.15, -0.1) is 0 Å². The lowest BCUT2D eigenvalue weighted by molar-refractivity contribution is 0.303. The van der Waals surface area contributed by atoms with Gasteiger partial charge in [0.25, 0.3) is 0 Å². The second-order valence-corrected chi connectivity index (χ2v) is 8.24. The molecular weight excluding hydrogens is 377 g/mol. The van der Waals surface area contributed by atoms with Crippen LogP contribution in [0.5, 0.6) is 0 Å². The third kappa shape index (κ3) is 4.91. The van der Waals surface area contributed by atoms with Crippen LogP contribution < -0.4 is 0 Å². The average molecular weight is 404 g/mol. The third-order valence-corrected chi connectivity index (χ3v) is 5.96. The summed E-state index contributed by atoms with van der Waals surface area (Å²) in [5.74, 6) is 1.32. The van der Waals surface area contributed by atoms with Crippen LogP contribution in [0.2, 0.25) is 0 Å². The number of benzene rings is 1. The maximum Gasteiger partial charge on any atom is 0.150 e. The first kappa shape index (κ1) is 18.6. The third-order valence-electron chi connectivity index (χ3n) is 5.53. The Labute approximate surface area is 159 Å². The molecule has 0 spiro atoms. The minimum absolute atomic E-state index is 0.283. The van der Waals surface area contributed by atoms with Gasteiger partial charge in [-0.05, 0) is 65.1 Å². The van der Waals surface area contributed by atoms with Crippen LogP contribution >= 0.6 is 15.9 Å². The molecule has 1 fully saturated rings. The SMILES string of the molecule is CCCCC[C@H]1CC[C@H](c2ccc(-c3ncc(Br)cc3F)cc2)CC1. The van der Waals surface area contributed by atoms with Gasteiger partial charge in [-0.1, -0.05) is 56.9 Å². The highest BCUT2D eigenvalue weighted by atomic mass is 79.9. The Morgan fingerprint density at radius 3 is 2.44 bits per heavy atom. The second-order valence-electron chi connectivity index (χ2n) is 7.32. The van der Waals surface area contributed by atoms with Gasteiger partial charge in [0, 0.05) is 16.2 Å². The van der Waals surface area contributed by atoms with Crippen molar-refractivity contribution < 1.29 is 4.39 Å². The minimum atomic E-state index is -0.283. The van der Waals surface area contributed by atoms with E-state index in [1.807, 2.05) is 12.1 Å². The van der Waals surface area contributed by atoms with Crippen molar-refractivity contribution >= 4 is 15.9 Å². The number of unbranched alkanes of at least 4 members (excludes halogenated alkanes) is 2. The topological polar surface area (TPSA) is 12.9 Å². The van der Waals surface area contributed by atoms with Gasteiger partial charge in [0.2, 0.25) is 0 Å². The maximum absolute atomic E-state index is 14.1. The van der Waals surface area contributed by atoms with Crippen molar-refractivity contribution in [3.63, 3.8) is 0 Å². The van der Waals surface area contributed by atoms with Crippen LogP contribution in [0.1, 0.15) is 69.8 Å². The van der Waals surface area contributed by atoms with Gasteiger partial charge in [0.15, 0.2) is 5.82 Å². The molecular formula is C22H27BrFN. The number of hydrogen-bond acceptors (Lipinski definition) is 1. The van der Waals surface area contributed by atoms with Gasteiger partial charge >= 0.3 is 0 Å². The molecule has 0 radical (unpaired) electrons. The van der Waals surface area contributed by atoms with Crippen molar-refractivity contribution in [1.82, 2.24) is 4.98 Å². The quantitative estimate of drug-likeness (QED) is 0.454. The summed E-state index contributed by atoms with van der Waals surface area (Å²) in [5.41, 5.74) is 2.67. The maximum atomic E-state index is 14.1. The Hall–Kier alpha value is -1.22. The van der Waals surface area contributed by atoms with Crippen LogP contribution in [0.3, 0.4) is 0 Å². The lowest BCUT2D eigenvalue weighted by atomic mass is 9.77. The van der Waals surface area contributed by atoms with Gasteiger partial charge < -0.3 is 0 Å². The van der Waals surface area contributed by atoms with Crippen LogP contribution in [0.4, 0.5) is 4.39 Å². The lowest BCUT2D eigenvalue weighted by Crippen LogP contribution is -2.13. The van der Waals surface area contributed by atoms with Crippen molar-refractivity contribution in [2.24, 2.45) is 5.92 Å². The molecule has 1 aromatic heterocycles. The van der Waals surface area contributed by atoms with Crippen LogP contribution in [0.15, 0.2) is 41.0 Å². The van der Waals surface area contributed by atoms with Gasteiger partial charge in [0.05, 0.1) is 0 Å². The standard InChI is InChI=1S/C22H27BrFN/c1-2-3-4-5-16-6-8-17(9-7-16)18-10-12-19(13-11-18)22-21(24)14-20(23)15-25-22/h10-17H,2-9H2,1H3/t16-,17-. The van der Waals surface area contributed by atoms with Crippen LogP contribution in [0.25, 0.3) is 11.3 Å². The van der Waals surface area contributed by atoms with Crippen molar-refractivity contribution in [2.75, 3.05) is 0 Å². The van der Waals surface area contributed by atoms with Gasteiger partial charge in [-0.25, -0.2) is 4.39 Å². The van der Waals surface area contributed by atoms with E-state index in [1.165, 1.54) is 63.0 Å². The molecule has 0 N–H and O–H groups in total. The largest absolute Gasteiger partial charge is 0.252 e. The van der Waals surface area contributed by atoms with Crippen LogP contribution in [-0.4, -0.2) is 4.98 Å². The number of nitrogens with zero attached hydrogens (tertiary/aromatic N) is 1. The fraction of sp³-hybridized carbons (Fsp3) is 0.500. The fourth-order valence-corrected chi connectivity index (χ4v) is 4.31. The van der Waals surface area contributed by atoms with E-state index in [0.29, 0.717) is 16.1 Å². The number of pyridine rings is 1. The molecule has 1 aliphatic rings. The Morgan fingerprint density at radius 2 is 1.80 bits per heavy atom. The van der Waals surface area contributed by atoms with Gasteiger partial charge in [-0.2, -0.15) is 0 Å². The van der Waals surface area contributed by atoms with E-state index in [4.69, 9.17) is 0 Å². The predicted octanol–water partition coefficient (Wildman–Crippen LogP) is 7.50. The molecule has 2 aromatic rings. The summed E-state index contributed by atoms with van der Waals surface area (Å²) in [6, 6.07) is 9.83. The van der Waals surface area contributed by atoms with E-state index in [-0.39, 0.29) is 5.82 Å². The molecule has 3 rings (SSSR count). The molecule has 1 heterocycles.